The van der Waals surface area contributed by atoms with Crippen LogP contribution < -0.4 is 21.7 Å². The van der Waals surface area contributed by atoms with Crippen molar-refractivity contribution in [2.45, 2.75) is 70.3 Å². The Bertz CT molecular complexity index is 934. The summed E-state index contributed by atoms with van der Waals surface area (Å²) in [6, 6.07) is 0.245. The molecule has 13 heteroatoms. The van der Waals surface area contributed by atoms with Gasteiger partial charge in [0.25, 0.3) is 0 Å². The molecule has 0 heterocycles. The van der Waals surface area contributed by atoms with Gasteiger partial charge in [-0.1, -0.05) is 26.0 Å². The third-order valence-corrected chi connectivity index (χ3v) is 5.13. The minimum absolute atomic E-state index is 0.0213. The van der Waals surface area contributed by atoms with Crippen molar-refractivity contribution in [2.75, 3.05) is 0 Å². The first-order valence-electron chi connectivity index (χ1n) is 11.3. The number of hydrogen-bond acceptors (Lipinski definition) is 8. The number of aliphatic hydroxyl groups excluding tert-OH is 1. The van der Waals surface area contributed by atoms with Crippen LogP contribution in [0.4, 0.5) is 0 Å². The van der Waals surface area contributed by atoms with Crippen molar-refractivity contribution in [3.8, 4) is 5.75 Å². The van der Waals surface area contributed by atoms with Crippen LogP contribution in [0, 0.1) is 5.92 Å². The monoisotopic (exact) mass is 510 g/mol. The van der Waals surface area contributed by atoms with Gasteiger partial charge < -0.3 is 42.1 Å². The number of aromatic hydroxyl groups is 1. The number of carboxylic acids is 2. The Balaban J connectivity index is 3.15. The number of aliphatic hydroxyl groups is 1. The van der Waals surface area contributed by atoms with Crippen molar-refractivity contribution >= 4 is 29.7 Å². The zero-order valence-corrected chi connectivity index (χ0v) is 20.3. The predicted octanol–water partition coefficient (Wildman–Crippen LogP) is -1.30. The van der Waals surface area contributed by atoms with Crippen LogP contribution in [0.25, 0.3) is 0 Å². The Hall–Kier alpha value is -3.71. The summed E-state index contributed by atoms with van der Waals surface area (Å²) in [5.74, 6) is -5.45. The van der Waals surface area contributed by atoms with Crippen LogP contribution in [-0.2, 0) is 30.4 Å². The molecule has 13 nitrogen and oxygen atoms in total. The summed E-state index contributed by atoms with van der Waals surface area (Å²) in [4.78, 5) is 60.7. The highest BCUT2D eigenvalue weighted by Gasteiger charge is 2.32. The molecular weight excluding hydrogens is 476 g/mol. The number of nitrogens with two attached hydrogens (primary N) is 1. The Labute approximate surface area is 208 Å². The first-order chi connectivity index (χ1) is 16.7. The second kappa shape index (κ2) is 14.0. The Morgan fingerprint density at radius 3 is 1.86 bits per heavy atom. The molecule has 1 rings (SSSR count). The van der Waals surface area contributed by atoms with Crippen molar-refractivity contribution in [3.63, 3.8) is 0 Å². The van der Waals surface area contributed by atoms with Gasteiger partial charge in [0, 0.05) is 6.42 Å². The molecule has 0 aliphatic rings. The summed E-state index contributed by atoms with van der Waals surface area (Å²) >= 11 is 0. The molecule has 0 bridgehead atoms. The largest absolute Gasteiger partial charge is 0.508 e. The Kier molecular flexibility index (Phi) is 11.8. The lowest BCUT2D eigenvalue weighted by Gasteiger charge is -2.26. The maximum absolute atomic E-state index is 13.2. The van der Waals surface area contributed by atoms with Crippen molar-refractivity contribution in [2.24, 2.45) is 11.7 Å². The number of phenols is 1. The Morgan fingerprint density at radius 1 is 0.861 bits per heavy atom. The van der Waals surface area contributed by atoms with Crippen molar-refractivity contribution in [1.82, 2.24) is 16.0 Å². The number of carbonyl (C=O) groups is 5. The highest BCUT2D eigenvalue weighted by atomic mass is 16.4. The van der Waals surface area contributed by atoms with Crippen LogP contribution >= 0.6 is 0 Å². The first-order valence-corrected chi connectivity index (χ1v) is 11.3. The highest BCUT2D eigenvalue weighted by Crippen LogP contribution is 2.13. The second-order valence-electron chi connectivity index (χ2n) is 8.89. The summed E-state index contributed by atoms with van der Waals surface area (Å²) in [6.07, 6.45) is -2.05. The van der Waals surface area contributed by atoms with Gasteiger partial charge in [0.2, 0.25) is 17.7 Å². The molecule has 9 N–H and O–H groups in total. The second-order valence-corrected chi connectivity index (χ2v) is 8.89. The van der Waals surface area contributed by atoms with Gasteiger partial charge in [-0.3, -0.25) is 19.2 Å². The van der Waals surface area contributed by atoms with Crippen LogP contribution in [0.1, 0.15) is 39.2 Å². The normalized spacial score (nSPS) is 15.2. The molecule has 36 heavy (non-hydrogen) atoms. The summed E-state index contributed by atoms with van der Waals surface area (Å²) in [7, 11) is 0. The number of amides is 3. The minimum Gasteiger partial charge on any atom is -0.508 e. The van der Waals surface area contributed by atoms with E-state index in [1.165, 1.54) is 31.2 Å². The standard InChI is InChI=1S/C23H34N4O9/c1-11(2)8-16(22(34)27-19(12(3)28)23(35)36)26-21(33)17(9-13-4-6-14(29)7-5-13)25-20(32)15(24)10-18(30)31/h4-7,11-12,15-17,19,28-29H,8-10,24H2,1-3H3,(H,25,32)(H,26,33)(H,27,34)(H,30,31)(H,35,36). The zero-order chi connectivity index (χ0) is 27.6. The number of nitrogens with one attached hydrogen (secondary N) is 3. The van der Waals surface area contributed by atoms with Crippen LogP contribution in [0.15, 0.2) is 24.3 Å². The van der Waals surface area contributed by atoms with Crippen LogP contribution in [0.2, 0.25) is 0 Å². The van der Waals surface area contributed by atoms with Gasteiger partial charge >= 0.3 is 11.9 Å². The van der Waals surface area contributed by atoms with Crippen LogP contribution in [0.5, 0.6) is 5.75 Å². The number of carboxylic acid groups (broad SMARTS) is 2. The molecule has 3 amide bonds. The molecule has 1 aromatic carbocycles. The number of hydrogen-bond donors (Lipinski definition) is 8. The van der Waals surface area contributed by atoms with Crippen LogP contribution in [0.3, 0.4) is 0 Å². The minimum atomic E-state index is -1.61. The van der Waals surface area contributed by atoms with Crippen molar-refractivity contribution < 1.29 is 44.4 Å². The van der Waals surface area contributed by atoms with Gasteiger partial charge in [0.05, 0.1) is 18.6 Å². The van der Waals surface area contributed by atoms with E-state index in [0.717, 1.165) is 0 Å². The molecule has 1 aromatic rings. The number of aliphatic carboxylic acids is 2. The predicted molar refractivity (Wildman–Crippen MR) is 127 cm³/mol. The van der Waals surface area contributed by atoms with Gasteiger partial charge in [-0.15, -0.1) is 0 Å². The molecule has 5 unspecified atom stereocenters. The topological polar surface area (TPSA) is 228 Å². The van der Waals surface area contributed by atoms with Gasteiger partial charge in [0.15, 0.2) is 6.04 Å². The fraction of sp³-hybridized carbons (Fsp3) is 0.522. The molecule has 0 saturated carbocycles. The highest BCUT2D eigenvalue weighted by molar-refractivity contribution is 5.95. The van der Waals surface area contributed by atoms with E-state index in [1.54, 1.807) is 13.8 Å². The summed E-state index contributed by atoms with van der Waals surface area (Å²) in [5, 5.41) is 44.4. The van der Waals surface area contributed by atoms with Gasteiger partial charge in [0.1, 0.15) is 17.8 Å². The van der Waals surface area contributed by atoms with Gasteiger partial charge in [-0.05, 0) is 37.0 Å². The quantitative estimate of drug-likeness (QED) is 0.147. The first kappa shape index (κ1) is 30.3. The van der Waals surface area contributed by atoms with E-state index in [-0.39, 0.29) is 24.5 Å². The molecule has 0 spiro atoms. The third kappa shape index (κ3) is 10.3. The molecule has 0 aromatic heterocycles. The molecule has 0 aliphatic heterocycles. The average molecular weight is 511 g/mol. The average Bonchev–Trinajstić information content (AvgIpc) is 2.76. The van der Waals surface area contributed by atoms with E-state index in [4.69, 9.17) is 10.8 Å². The smallest absolute Gasteiger partial charge is 0.328 e. The fourth-order valence-corrected chi connectivity index (χ4v) is 3.25. The van der Waals surface area contributed by atoms with Crippen molar-refractivity contribution in [3.05, 3.63) is 29.8 Å². The number of phenolic OH excluding ortho intramolecular Hbond substituents is 1. The SMILES string of the molecule is CC(C)CC(NC(=O)C(Cc1ccc(O)cc1)NC(=O)C(N)CC(=O)O)C(=O)NC(C(=O)O)C(C)O. The molecular formula is C23H34N4O9. The number of benzene rings is 1. The summed E-state index contributed by atoms with van der Waals surface area (Å²) < 4.78 is 0. The lowest BCUT2D eigenvalue weighted by molar-refractivity contribution is -0.145. The molecule has 0 radical (unpaired) electrons. The van der Waals surface area contributed by atoms with Crippen molar-refractivity contribution in [1.29, 1.82) is 0 Å². The fourth-order valence-electron chi connectivity index (χ4n) is 3.25. The molecule has 200 valence electrons. The van der Waals surface area contributed by atoms with E-state index >= 15 is 0 Å². The summed E-state index contributed by atoms with van der Waals surface area (Å²) in [5.41, 5.74) is 6.14. The van der Waals surface area contributed by atoms with E-state index in [1.807, 2.05) is 0 Å². The van der Waals surface area contributed by atoms with E-state index in [9.17, 15) is 39.3 Å². The van der Waals surface area contributed by atoms with Gasteiger partial charge in [-0.2, -0.15) is 0 Å². The molecule has 5 atom stereocenters. The number of rotatable bonds is 14. The van der Waals surface area contributed by atoms with Gasteiger partial charge in [-0.25, -0.2) is 4.79 Å². The third-order valence-electron chi connectivity index (χ3n) is 5.13. The number of carbonyl (C=O) groups excluding carboxylic acids is 3. The summed E-state index contributed by atoms with van der Waals surface area (Å²) in [6.45, 7) is 4.74. The zero-order valence-electron chi connectivity index (χ0n) is 20.3. The maximum Gasteiger partial charge on any atom is 0.328 e. The molecule has 0 aliphatic carbocycles. The lowest BCUT2D eigenvalue weighted by Crippen LogP contribution is -2.59. The van der Waals surface area contributed by atoms with E-state index in [0.29, 0.717) is 5.56 Å². The van der Waals surface area contributed by atoms with E-state index < -0.39 is 66.4 Å². The molecule has 0 saturated heterocycles. The Morgan fingerprint density at radius 2 is 1.39 bits per heavy atom. The molecule has 0 fully saturated rings. The maximum atomic E-state index is 13.2. The van der Waals surface area contributed by atoms with Crippen LogP contribution in [-0.4, -0.2) is 80.4 Å². The van der Waals surface area contributed by atoms with E-state index in [2.05, 4.69) is 16.0 Å². The lowest BCUT2D eigenvalue weighted by atomic mass is 10.00.